The molecule has 1 aromatic rings. The van der Waals surface area contributed by atoms with Crippen molar-refractivity contribution in [2.24, 2.45) is 0 Å². The Labute approximate surface area is 85.6 Å². The molecule has 1 aliphatic heterocycles. The van der Waals surface area contributed by atoms with Gasteiger partial charge in [-0.1, -0.05) is 0 Å². The van der Waals surface area contributed by atoms with Crippen molar-refractivity contribution in [3.05, 3.63) is 28.0 Å². The van der Waals surface area contributed by atoms with Crippen LogP contribution in [-0.4, -0.2) is 10.9 Å². The van der Waals surface area contributed by atoms with Crippen LogP contribution in [0.15, 0.2) is 21.5 Å². The Kier molecular flexibility index (Phi) is 2.00. The maximum Gasteiger partial charge on any atom is 0.264 e. The van der Waals surface area contributed by atoms with Crippen molar-refractivity contribution in [1.82, 2.24) is 0 Å². The molecule has 0 aliphatic carbocycles. The molecule has 5 heteroatoms. The maximum atomic E-state index is 13.0. The van der Waals surface area contributed by atoms with E-state index in [0.717, 1.165) is 17.8 Å². The van der Waals surface area contributed by atoms with Gasteiger partial charge < -0.3 is 0 Å². The van der Waals surface area contributed by atoms with E-state index in [-0.39, 0.29) is 10.0 Å². The minimum atomic E-state index is -0.619. The third-order valence-corrected chi connectivity index (χ3v) is 3.19. The lowest BCUT2D eigenvalue weighted by molar-refractivity contribution is -0.107. The van der Waals surface area contributed by atoms with Crippen molar-refractivity contribution in [2.75, 3.05) is 0 Å². The van der Waals surface area contributed by atoms with Crippen molar-refractivity contribution >= 4 is 38.6 Å². The Morgan fingerprint density at radius 2 is 2.00 bits per heavy atom. The van der Waals surface area contributed by atoms with E-state index in [1.54, 1.807) is 0 Å². The lowest BCUT2D eigenvalue weighted by Gasteiger charge is -1.97. The number of thioether (sulfide) groups is 1. The highest BCUT2D eigenvalue weighted by Crippen LogP contribution is 2.35. The highest BCUT2D eigenvalue weighted by Gasteiger charge is 2.30. The molecular formula is C8H2BrFO2S. The average molecular weight is 261 g/mol. The normalized spacial score (nSPS) is 14.9. The Bertz CT molecular complexity index is 430. The van der Waals surface area contributed by atoms with Gasteiger partial charge in [-0.2, -0.15) is 0 Å². The van der Waals surface area contributed by atoms with Crippen molar-refractivity contribution in [1.29, 1.82) is 0 Å². The molecule has 1 heterocycles. The molecule has 2 nitrogen and oxygen atoms in total. The molecule has 0 fully saturated rings. The van der Waals surface area contributed by atoms with Gasteiger partial charge in [0.05, 0.1) is 4.47 Å². The van der Waals surface area contributed by atoms with Crippen molar-refractivity contribution in [3.8, 4) is 0 Å². The second-order valence-corrected chi connectivity index (χ2v) is 4.35. The van der Waals surface area contributed by atoms with Crippen LogP contribution in [0.3, 0.4) is 0 Å². The molecule has 0 atom stereocenters. The first-order valence-electron chi connectivity index (χ1n) is 3.35. The molecule has 0 bridgehead atoms. The van der Waals surface area contributed by atoms with Crippen LogP contribution in [0.2, 0.25) is 0 Å². The summed E-state index contributed by atoms with van der Waals surface area (Å²) < 4.78 is 13.2. The zero-order valence-electron chi connectivity index (χ0n) is 6.14. The fourth-order valence-electron chi connectivity index (χ4n) is 1.05. The van der Waals surface area contributed by atoms with Crippen LogP contribution in [0.1, 0.15) is 10.4 Å². The summed E-state index contributed by atoms with van der Waals surface area (Å²) in [6, 6.07) is 2.53. The Morgan fingerprint density at radius 1 is 1.31 bits per heavy atom. The van der Waals surface area contributed by atoms with Gasteiger partial charge in [0, 0.05) is 10.5 Å². The first-order valence-corrected chi connectivity index (χ1v) is 4.96. The summed E-state index contributed by atoms with van der Waals surface area (Å²) in [7, 11) is 0. The zero-order chi connectivity index (χ0) is 9.59. The van der Waals surface area contributed by atoms with Crippen molar-refractivity contribution in [3.63, 3.8) is 0 Å². The van der Waals surface area contributed by atoms with E-state index >= 15 is 0 Å². The summed E-state index contributed by atoms with van der Waals surface area (Å²) in [6.45, 7) is 0. The van der Waals surface area contributed by atoms with Gasteiger partial charge in [-0.3, -0.25) is 9.59 Å². The first kappa shape index (κ1) is 8.90. The smallest absolute Gasteiger partial charge is 0.264 e. The maximum absolute atomic E-state index is 13.0. The number of ketones is 1. The minimum Gasteiger partial charge on any atom is -0.284 e. The van der Waals surface area contributed by atoms with Crippen LogP contribution in [-0.2, 0) is 4.79 Å². The van der Waals surface area contributed by atoms with E-state index in [0.29, 0.717) is 4.90 Å². The van der Waals surface area contributed by atoms with E-state index in [1.165, 1.54) is 6.07 Å². The fraction of sp³-hybridized carbons (Fsp3) is 0. The summed E-state index contributed by atoms with van der Waals surface area (Å²) in [5, 5.41) is -0.549. The summed E-state index contributed by atoms with van der Waals surface area (Å²) in [4.78, 5) is 22.6. The number of hydrogen-bond donors (Lipinski definition) is 0. The van der Waals surface area contributed by atoms with E-state index in [9.17, 15) is 14.0 Å². The highest BCUT2D eigenvalue weighted by atomic mass is 79.9. The molecule has 0 amide bonds. The second kappa shape index (κ2) is 2.92. The molecule has 1 aromatic carbocycles. The van der Waals surface area contributed by atoms with Crippen molar-refractivity contribution < 1.29 is 14.0 Å². The quantitative estimate of drug-likeness (QED) is 0.672. The number of rotatable bonds is 0. The van der Waals surface area contributed by atoms with Gasteiger partial charge in [0.25, 0.3) is 5.12 Å². The van der Waals surface area contributed by atoms with Crippen LogP contribution >= 0.6 is 27.7 Å². The lowest BCUT2D eigenvalue weighted by Crippen LogP contribution is -2.02. The van der Waals surface area contributed by atoms with E-state index in [1.807, 2.05) is 0 Å². The minimum absolute atomic E-state index is 0.163. The molecule has 0 saturated heterocycles. The van der Waals surface area contributed by atoms with E-state index < -0.39 is 16.7 Å². The molecule has 13 heavy (non-hydrogen) atoms. The van der Waals surface area contributed by atoms with Crippen LogP contribution in [0.5, 0.6) is 0 Å². The summed E-state index contributed by atoms with van der Waals surface area (Å²) in [6.07, 6.45) is 0. The molecule has 0 saturated carbocycles. The van der Waals surface area contributed by atoms with E-state index in [4.69, 9.17) is 0 Å². The predicted octanol–water partition coefficient (Wildman–Crippen LogP) is 2.40. The number of carbonyl (C=O) groups is 2. The average Bonchev–Trinajstić information content (AvgIpc) is 2.32. The lowest BCUT2D eigenvalue weighted by atomic mass is 10.1. The summed E-state index contributed by atoms with van der Waals surface area (Å²) in [5.74, 6) is -1.14. The monoisotopic (exact) mass is 260 g/mol. The van der Waals surface area contributed by atoms with Gasteiger partial charge in [0.2, 0.25) is 5.78 Å². The largest absolute Gasteiger partial charge is 0.284 e. The highest BCUT2D eigenvalue weighted by molar-refractivity contribution is 9.10. The molecule has 0 spiro atoms. The van der Waals surface area contributed by atoms with Gasteiger partial charge in [0.1, 0.15) is 5.82 Å². The Morgan fingerprint density at radius 3 is 2.69 bits per heavy atom. The van der Waals surface area contributed by atoms with Gasteiger partial charge in [-0.25, -0.2) is 4.39 Å². The molecule has 66 valence electrons. The SMILES string of the molecule is O=C1Sc2cc(Br)c(F)cc2C1=O. The number of Topliss-reactive ketones (excluding diaryl/α,β-unsaturated/α-hetero) is 1. The number of halogens is 2. The third kappa shape index (κ3) is 1.32. The van der Waals surface area contributed by atoms with Gasteiger partial charge >= 0.3 is 0 Å². The Hall–Kier alpha value is -0.680. The van der Waals surface area contributed by atoms with Crippen LogP contribution in [0, 0.1) is 5.82 Å². The topological polar surface area (TPSA) is 34.1 Å². The second-order valence-electron chi connectivity index (χ2n) is 2.48. The first-order chi connectivity index (χ1) is 6.09. The number of hydrogen-bond acceptors (Lipinski definition) is 3. The number of fused-ring (bicyclic) bond motifs is 1. The third-order valence-electron chi connectivity index (χ3n) is 1.66. The Balaban J connectivity index is 2.66. The van der Waals surface area contributed by atoms with Crippen LogP contribution in [0.4, 0.5) is 4.39 Å². The molecule has 0 aromatic heterocycles. The van der Waals surface area contributed by atoms with Gasteiger partial charge in [-0.15, -0.1) is 0 Å². The predicted molar refractivity (Wildman–Crippen MR) is 49.3 cm³/mol. The van der Waals surface area contributed by atoms with Crippen LogP contribution in [0.25, 0.3) is 0 Å². The fourth-order valence-corrected chi connectivity index (χ4v) is 2.38. The van der Waals surface area contributed by atoms with Gasteiger partial charge in [-0.05, 0) is 39.8 Å². The van der Waals surface area contributed by atoms with Crippen LogP contribution < -0.4 is 0 Å². The molecule has 0 radical (unpaired) electrons. The van der Waals surface area contributed by atoms with E-state index in [2.05, 4.69) is 15.9 Å². The summed E-state index contributed by atoms with van der Waals surface area (Å²) in [5.41, 5.74) is 0.163. The molecule has 2 rings (SSSR count). The molecular weight excluding hydrogens is 259 g/mol. The molecule has 1 aliphatic rings. The van der Waals surface area contributed by atoms with Gasteiger partial charge in [0.15, 0.2) is 0 Å². The molecule has 0 unspecified atom stereocenters. The molecule has 0 N–H and O–H groups in total. The zero-order valence-corrected chi connectivity index (χ0v) is 8.54. The number of benzene rings is 1. The standard InChI is InChI=1S/C8H2BrFO2S/c9-4-2-6-3(1-5(4)10)7(11)8(12)13-6/h1-2H. The van der Waals surface area contributed by atoms with Crippen molar-refractivity contribution in [2.45, 2.75) is 4.90 Å². The number of carbonyl (C=O) groups excluding carboxylic acids is 2. The summed E-state index contributed by atoms with van der Waals surface area (Å²) >= 11 is 3.81.